The summed E-state index contributed by atoms with van der Waals surface area (Å²) in [6.07, 6.45) is 1.40. The van der Waals surface area contributed by atoms with Crippen molar-refractivity contribution in [2.45, 2.75) is 24.3 Å². The normalized spacial score (nSPS) is 12.1. The number of benzene rings is 1. The van der Waals surface area contributed by atoms with Gasteiger partial charge in [0.25, 0.3) is 0 Å². The number of hydrogen-bond acceptors (Lipinski definition) is 5. The van der Waals surface area contributed by atoms with Crippen LogP contribution >= 0.6 is 11.8 Å². The van der Waals surface area contributed by atoms with Crippen LogP contribution in [0.3, 0.4) is 0 Å². The number of aryl methyl sites for hydroxylation is 1. The Morgan fingerprint density at radius 1 is 1.47 bits per heavy atom. The smallest absolute Gasteiger partial charge is 0.237 e. The van der Waals surface area contributed by atoms with Crippen LogP contribution < -0.4 is 11.2 Å². The van der Waals surface area contributed by atoms with Gasteiger partial charge in [-0.2, -0.15) is 0 Å². The molecule has 0 fully saturated rings. The van der Waals surface area contributed by atoms with E-state index in [9.17, 15) is 4.79 Å². The summed E-state index contributed by atoms with van der Waals surface area (Å²) in [5.41, 5.74) is 1.84. The lowest BCUT2D eigenvalue weighted by Gasteiger charge is -2.12. The lowest BCUT2D eigenvalue weighted by atomic mass is 10.2. The summed E-state index contributed by atoms with van der Waals surface area (Å²) in [5, 5.41) is 10.6. The third kappa shape index (κ3) is 3.25. The minimum atomic E-state index is -0.314. The molecule has 1 atom stereocenters. The number of nitrogens with zero attached hydrogens (tertiary/aromatic N) is 3. The lowest BCUT2D eigenvalue weighted by molar-refractivity contribution is -0.115. The van der Waals surface area contributed by atoms with Crippen molar-refractivity contribution in [3.05, 3.63) is 36.2 Å². The minimum absolute atomic E-state index is 0.0951. The van der Waals surface area contributed by atoms with E-state index in [1.807, 2.05) is 31.2 Å². The number of anilines is 1. The summed E-state index contributed by atoms with van der Waals surface area (Å²) in [5.74, 6) is 5.51. The van der Waals surface area contributed by atoms with Gasteiger partial charge in [-0.15, -0.1) is 10.2 Å². The van der Waals surface area contributed by atoms with Gasteiger partial charge in [-0.05, 0) is 25.5 Å². The summed E-state index contributed by atoms with van der Waals surface area (Å²) in [6, 6.07) is 7.64. The quantitative estimate of drug-likeness (QED) is 0.652. The Hall–Kier alpha value is -2.02. The molecular weight excluding hydrogens is 262 g/mol. The van der Waals surface area contributed by atoms with E-state index >= 15 is 0 Å². The second kappa shape index (κ2) is 5.75. The van der Waals surface area contributed by atoms with Crippen LogP contribution in [-0.2, 0) is 4.79 Å². The predicted molar refractivity (Wildman–Crippen MR) is 75.3 cm³/mol. The maximum Gasteiger partial charge on any atom is 0.237 e. The SMILES string of the molecule is Cc1ccccc1NC(=O)[C@@H](C)Sc1nncn1N. The van der Waals surface area contributed by atoms with Crippen LogP contribution in [0.5, 0.6) is 0 Å². The summed E-state index contributed by atoms with van der Waals surface area (Å²) in [6.45, 7) is 3.75. The van der Waals surface area contributed by atoms with E-state index in [-0.39, 0.29) is 11.2 Å². The van der Waals surface area contributed by atoms with E-state index < -0.39 is 0 Å². The van der Waals surface area contributed by atoms with E-state index in [2.05, 4.69) is 15.5 Å². The zero-order chi connectivity index (χ0) is 13.8. The minimum Gasteiger partial charge on any atom is -0.336 e. The highest BCUT2D eigenvalue weighted by Crippen LogP contribution is 2.21. The van der Waals surface area contributed by atoms with Gasteiger partial charge >= 0.3 is 0 Å². The molecule has 2 rings (SSSR count). The average molecular weight is 277 g/mol. The Bertz CT molecular complexity index is 583. The molecule has 1 heterocycles. The molecule has 0 unspecified atom stereocenters. The number of rotatable bonds is 4. The van der Waals surface area contributed by atoms with Crippen LogP contribution in [0.1, 0.15) is 12.5 Å². The van der Waals surface area contributed by atoms with Crippen LogP contribution in [0.2, 0.25) is 0 Å². The van der Waals surface area contributed by atoms with Crippen molar-refractivity contribution in [1.82, 2.24) is 14.9 Å². The lowest BCUT2D eigenvalue weighted by Crippen LogP contribution is -2.23. The molecular formula is C12H15N5OS. The van der Waals surface area contributed by atoms with Gasteiger partial charge in [0, 0.05) is 5.69 Å². The van der Waals surface area contributed by atoms with Gasteiger partial charge in [-0.1, -0.05) is 30.0 Å². The third-order valence-corrected chi connectivity index (χ3v) is 3.67. The summed E-state index contributed by atoms with van der Waals surface area (Å²) in [4.78, 5) is 12.1. The fourth-order valence-corrected chi connectivity index (χ4v) is 2.22. The molecule has 1 aromatic heterocycles. The number of nitrogens with two attached hydrogens (primary N) is 1. The number of nitrogen functional groups attached to an aromatic ring is 1. The Morgan fingerprint density at radius 3 is 2.84 bits per heavy atom. The first-order valence-corrected chi connectivity index (χ1v) is 6.64. The van der Waals surface area contributed by atoms with Gasteiger partial charge < -0.3 is 11.2 Å². The van der Waals surface area contributed by atoms with Crippen molar-refractivity contribution in [3.8, 4) is 0 Å². The molecule has 100 valence electrons. The number of nitrogens with one attached hydrogen (secondary N) is 1. The third-order valence-electron chi connectivity index (χ3n) is 2.59. The fourth-order valence-electron chi connectivity index (χ4n) is 1.48. The first-order valence-electron chi connectivity index (χ1n) is 5.76. The van der Waals surface area contributed by atoms with Gasteiger partial charge in [0.1, 0.15) is 6.33 Å². The molecule has 0 aliphatic carbocycles. The maximum absolute atomic E-state index is 12.1. The Morgan fingerprint density at radius 2 is 2.21 bits per heavy atom. The number of aromatic nitrogens is 3. The molecule has 0 saturated heterocycles. The van der Waals surface area contributed by atoms with E-state index in [1.165, 1.54) is 22.8 Å². The second-order valence-corrected chi connectivity index (χ2v) is 5.39. The number of para-hydroxylation sites is 1. The molecule has 0 spiro atoms. The molecule has 2 aromatic rings. The van der Waals surface area contributed by atoms with Crippen molar-refractivity contribution in [1.29, 1.82) is 0 Å². The van der Waals surface area contributed by atoms with Crippen LogP contribution in [-0.4, -0.2) is 26.0 Å². The van der Waals surface area contributed by atoms with Gasteiger partial charge in [-0.3, -0.25) is 4.79 Å². The molecule has 0 aliphatic rings. The molecule has 6 nitrogen and oxygen atoms in total. The van der Waals surface area contributed by atoms with Crippen LogP contribution in [0.4, 0.5) is 5.69 Å². The second-order valence-electron chi connectivity index (χ2n) is 4.09. The number of hydrogen-bond donors (Lipinski definition) is 2. The first kappa shape index (κ1) is 13.4. The van der Waals surface area contributed by atoms with Crippen molar-refractivity contribution in [3.63, 3.8) is 0 Å². The monoisotopic (exact) mass is 277 g/mol. The van der Waals surface area contributed by atoms with Crippen LogP contribution in [0.25, 0.3) is 0 Å². The predicted octanol–water partition coefficient (Wildman–Crippen LogP) is 1.42. The zero-order valence-electron chi connectivity index (χ0n) is 10.7. The van der Waals surface area contributed by atoms with E-state index in [4.69, 9.17) is 5.84 Å². The highest BCUT2D eigenvalue weighted by Gasteiger charge is 2.17. The summed E-state index contributed by atoms with van der Waals surface area (Å²) < 4.78 is 1.29. The first-order chi connectivity index (χ1) is 9.08. The topological polar surface area (TPSA) is 85.8 Å². The molecule has 1 amide bonds. The van der Waals surface area contributed by atoms with Gasteiger partial charge in [0.2, 0.25) is 11.1 Å². The van der Waals surface area contributed by atoms with Crippen molar-refractivity contribution in [2.75, 3.05) is 11.2 Å². The Labute approximate surface area is 115 Å². The number of amides is 1. The fraction of sp³-hybridized carbons (Fsp3) is 0.250. The molecule has 0 bridgehead atoms. The van der Waals surface area contributed by atoms with E-state index in [0.29, 0.717) is 5.16 Å². The van der Waals surface area contributed by atoms with Gasteiger partial charge in [0.15, 0.2) is 0 Å². The molecule has 0 aliphatic heterocycles. The molecule has 0 saturated carbocycles. The van der Waals surface area contributed by atoms with Crippen molar-refractivity contribution in [2.24, 2.45) is 0 Å². The highest BCUT2D eigenvalue weighted by molar-refractivity contribution is 8.00. The Kier molecular flexibility index (Phi) is 4.06. The molecule has 0 radical (unpaired) electrons. The van der Waals surface area contributed by atoms with Crippen molar-refractivity contribution < 1.29 is 4.79 Å². The van der Waals surface area contributed by atoms with Crippen LogP contribution in [0.15, 0.2) is 35.7 Å². The number of carbonyl (C=O) groups is 1. The number of carbonyl (C=O) groups excluding carboxylic acids is 1. The van der Waals surface area contributed by atoms with Gasteiger partial charge in [0.05, 0.1) is 5.25 Å². The molecule has 7 heteroatoms. The van der Waals surface area contributed by atoms with E-state index in [0.717, 1.165) is 11.3 Å². The summed E-state index contributed by atoms with van der Waals surface area (Å²) in [7, 11) is 0. The standard InChI is InChI=1S/C12H15N5OS/c1-8-5-3-4-6-10(8)15-11(18)9(2)19-12-16-14-7-17(12)13/h3-7,9H,13H2,1-2H3,(H,15,18)/t9-/m1/s1. The highest BCUT2D eigenvalue weighted by atomic mass is 32.2. The maximum atomic E-state index is 12.1. The van der Waals surface area contributed by atoms with Crippen LogP contribution in [0, 0.1) is 6.92 Å². The average Bonchev–Trinajstić information content (AvgIpc) is 2.78. The van der Waals surface area contributed by atoms with E-state index in [1.54, 1.807) is 6.92 Å². The largest absolute Gasteiger partial charge is 0.336 e. The Balaban J connectivity index is 2.00. The summed E-state index contributed by atoms with van der Waals surface area (Å²) >= 11 is 1.26. The molecule has 19 heavy (non-hydrogen) atoms. The van der Waals surface area contributed by atoms with Gasteiger partial charge in [-0.25, -0.2) is 4.68 Å². The number of thioether (sulfide) groups is 1. The molecule has 1 aromatic carbocycles. The van der Waals surface area contributed by atoms with Crippen molar-refractivity contribution >= 4 is 23.4 Å². The zero-order valence-corrected chi connectivity index (χ0v) is 11.5. The molecule has 3 N–H and O–H groups in total.